The quantitative estimate of drug-likeness (QED) is 0.483. The molecule has 0 bridgehead atoms. The number of hydrogen-bond donors (Lipinski definition) is 2. The molecule has 2 N–H and O–H groups in total. The zero-order valence-electron chi connectivity index (χ0n) is 14.5. The number of carbonyl (C=O) groups excluding carboxylic acids is 1. The summed E-state index contributed by atoms with van der Waals surface area (Å²) in [4.78, 5) is 20.4. The molecule has 0 saturated carbocycles. The molecule has 0 saturated heterocycles. The van der Waals surface area contributed by atoms with Crippen molar-refractivity contribution in [1.29, 1.82) is 0 Å². The van der Waals surface area contributed by atoms with E-state index in [1.165, 1.54) is 12.1 Å². The maximum absolute atomic E-state index is 12.1. The highest BCUT2D eigenvalue weighted by Crippen LogP contribution is 2.32. The van der Waals surface area contributed by atoms with E-state index >= 15 is 0 Å². The lowest BCUT2D eigenvalue weighted by Crippen LogP contribution is -2.07. The van der Waals surface area contributed by atoms with Gasteiger partial charge in [-0.25, -0.2) is 4.98 Å². The van der Waals surface area contributed by atoms with Crippen LogP contribution < -0.4 is 5.32 Å². The summed E-state index contributed by atoms with van der Waals surface area (Å²) in [6.45, 7) is 0. The van der Waals surface area contributed by atoms with E-state index in [-0.39, 0.29) is 17.5 Å². The summed E-state index contributed by atoms with van der Waals surface area (Å²) >= 11 is 5.84. The maximum Gasteiger partial charge on any atom is 0.248 e. The predicted molar refractivity (Wildman–Crippen MR) is 108 cm³/mol. The highest BCUT2D eigenvalue weighted by atomic mass is 35.5. The average molecular weight is 392 g/mol. The number of aromatic hydroxyl groups is 1. The van der Waals surface area contributed by atoms with Gasteiger partial charge in [0.25, 0.3) is 0 Å². The van der Waals surface area contributed by atoms with Crippen LogP contribution in [-0.4, -0.2) is 21.0 Å². The molecular formula is C21H14ClN3O3. The average Bonchev–Trinajstić information content (AvgIpc) is 3.11. The summed E-state index contributed by atoms with van der Waals surface area (Å²) in [5, 5.41) is 13.6. The predicted octanol–water partition coefficient (Wildman–Crippen LogP) is 4.90. The minimum absolute atomic E-state index is 0.0565. The number of aromatic nitrogens is 2. The van der Waals surface area contributed by atoms with E-state index in [0.29, 0.717) is 27.4 Å². The molecule has 0 aliphatic rings. The normalized spacial score (nSPS) is 11.2. The third-order valence-corrected chi connectivity index (χ3v) is 4.23. The minimum Gasteiger partial charge on any atom is -0.507 e. The lowest BCUT2D eigenvalue weighted by atomic mass is 10.1. The van der Waals surface area contributed by atoms with Gasteiger partial charge in [-0.15, -0.1) is 0 Å². The Kier molecular flexibility index (Phi) is 4.78. The van der Waals surface area contributed by atoms with Crippen LogP contribution in [0.5, 0.6) is 5.75 Å². The van der Waals surface area contributed by atoms with Crippen LogP contribution in [0.3, 0.4) is 0 Å². The second kappa shape index (κ2) is 7.54. The number of halogens is 1. The van der Waals surface area contributed by atoms with Gasteiger partial charge in [-0.2, -0.15) is 0 Å². The third-order valence-electron chi connectivity index (χ3n) is 3.98. The SMILES string of the molecule is O=C(C=Cc1ccc(Cl)cc1)Nc1ccc(-c2nc3cnccc3o2)c(O)c1. The van der Waals surface area contributed by atoms with Gasteiger partial charge < -0.3 is 14.8 Å². The van der Waals surface area contributed by atoms with Gasteiger partial charge in [-0.1, -0.05) is 23.7 Å². The topological polar surface area (TPSA) is 88.3 Å². The van der Waals surface area contributed by atoms with Crippen molar-refractivity contribution < 1.29 is 14.3 Å². The number of carbonyl (C=O) groups is 1. The summed E-state index contributed by atoms with van der Waals surface area (Å²) in [5.41, 5.74) is 2.90. The van der Waals surface area contributed by atoms with Crippen molar-refractivity contribution in [1.82, 2.24) is 9.97 Å². The number of rotatable bonds is 4. The molecule has 2 aromatic heterocycles. The smallest absolute Gasteiger partial charge is 0.248 e. The second-order valence-electron chi connectivity index (χ2n) is 5.97. The Balaban J connectivity index is 1.49. The number of anilines is 1. The molecule has 0 radical (unpaired) electrons. The van der Waals surface area contributed by atoms with Gasteiger partial charge in [0.1, 0.15) is 11.3 Å². The second-order valence-corrected chi connectivity index (χ2v) is 6.40. The summed E-state index contributed by atoms with van der Waals surface area (Å²) in [6, 6.07) is 13.5. The van der Waals surface area contributed by atoms with Crippen LogP contribution in [-0.2, 0) is 4.79 Å². The van der Waals surface area contributed by atoms with Crippen LogP contribution >= 0.6 is 11.6 Å². The Labute approximate surface area is 165 Å². The first-order valence-corrected chi connectivity index (χ1v) is 8.75. The monoisotopic (exact) mass is 391 g/mol. The number of phenols is 1. The first kappa shape index (κ1) is 17.8. The van der Waals surface area contributed by atoms with Crippen LogP contribution in [0.2, 0.25) is 5.02 Å². The third kappa shape index (κ3) is 3.87. The van der Waals surface area contributed by atoms with E-state index in [0.717, 1.165) is 5.56 Å². The Bertz CT molecular complexity index is 1150. The van der Waals surface area contributed by atoms with Crippen LogP contribution in [0, 0.1) is 0 Å². The van der Waals surface area contributed by atoms with Gasteiger partial charge in [-0.05, 0) is 35.9 Å². The molecule has 0 unspecified atom stereocenters. The Hall–Kier alpha value is -3.64. The van der Waals surface area contributed by atoms with Crippen molar-refractivity contribution in [3.63, 3.8) is 0 Å². The molecule has 0 fully saturated rings. The molecule has 1 amide bonds. The molecule has 2 aromatic carbocycles. The Morgan fingerprint density at radius 2 is 1.96 bits per heavy atom. The van der Waals surface area contributed by atoms with Gasteiger partial charge in [0.2, 0.25) is 11.8 Å². The van der Waals surface area contributed by atoms with Gasteiger partial charge in [0.05, 0.1) is 11.8 Å². The number of pyridine rings is 1. The molecule has 28 heavy (non-hydrogen) atoms. The lowest BCUT2D eigenvalue weighted by Gasteiger charge is -2.05. The molecule has 4 aromatic rings. The number of amides is 1. The minimum atomic E-state index is -0.324. The number of benzene rings is 2. The fourth-order valence-electron chi connectivity index (χ4n) is 2.62. The maximum atomic E-state index is 12.1. The van der Waals surface area contributed by atoms with E-state index < -0.39 is 0 Å². The van der Waals surface area contributed by atoms with E-state index in [4.69, 9.17) is 16.0 Å². The largest absolute Gasteiger partial charge is 0.507 e. The molecule has 0 aliphatic carbocycles. The molecule has 0 aliphatic heterocycles. The zero-order chi connectivity index (χ0) is 19.5. The van der Waals surface area contributed by atoms with Crippen LogP contribution in [0.1, 0.15) is 5.56 Å². The summed E-state index contributed by atoms with van der Waals surface area (Å²) < 4.78 is 5.63. The Morgan fingerprint density at radius 1 is 1.14 bits per heavy atom. The number of hydrogen-bond acceptors (Lipinski definition) is 5. The molecule has 7 heteroatoms. The molecular weight excluding hydrogens is 378 g/mol. The molecule has 6 nitrogen and oxygen atoms in total. The number of nitrogens with zero attached hydrogens (tertiary/aromatic N) is 2. The van der Waals surface area contributed by atoms with Crippen molar-refractivity contribution in [3.05, 3.63) is 77.6 Å². The van der Waals surface area contributed by atoms with Crippen molar-refractivity contribution in [2.24, 2.45) is 0 Å². The van der Waals surface area contributed by atoms with Crippen LogP contribution in [0.15, 0.2) is 71.4 Å². The first-order valence-electron chi connectivity index (χ1n) is 8.37. The van der Waals surface area contributed by atoms with Gasteiger partial charge in [0.15, 0.2) is 5.58 Å². The fraction of sp³-hybridized carbons (Fsp3) is 0. The van der Waals surface area contributed by atoms with E-state index in [2.05, 4.69) is 15.3 Å². The summed E-state index contributed by atoms with van der Waals surface area (Å²) in [7, 11) is 0. The molecule has 138 valence electrons. The van der Waals surface area contributed by atoms with E-state index in [1.807, 2.05) is 12.1 Å². The van der Waals surface area contributed by atoms with Crippen molar-refractivity contribution in [2.45, 2.75) is 0 Å². The van der Waals surface area contributed by atoms with Crippen molar-refractivity contribution in [3.8, 4) is 17.2 Å². The fourth-order valence-corrected chi connectivity index (χ4v) is 2.74. The Morgan fingerprint density at radius 3 is 2.71 bits per heavy atom. The van der Waals surface area contributed by atoms with E-state index in [1.54, 1.807) is 48.8 Å². The van der Waals surface area contributed by atoms with Crippen LogP contribution in [0.4, 0.5) is 5.69 Å². The first-order chi connectivity index (χ1) is 13.6. The standard InChI is InChI=1S/C21H14ClN3O3/c22-14-4-1-13(2-5-14)3-8-20(27)24-15-6-7-16(18(26)11-15)21-25-17-12-23-10-9-19(17)28-21/h1-12,26H,(H,24,27). The van der Waals surface area contributed by atoms with Gasteiger partial charge in [-0.3, -0.25) is 9.78 Å². The van der Waals surface area contributed by atoms with E-state index in [9.17, 15) is 9.90 Å². The highest BCUT2D eigenvalue weighted by molar-refractivity contribution is 6.30. The van der Waals surface area contributed by atoms with Crippen molar-refractivity contribution >= 4 is 40.4 Å². The number of nitrogens with one attached hydrogen (secondary N) is 1. The van der Waals surface area contributed by atoms with Gasteiger partial charge >= 0.3 is 0 Å². The molecule has 4 rings (SSSR count). The number of oxazole rings is 1. The highest BCUT2D eigenvalue weighted by Gasteiger charge is 2.13. The molecule has 2 heterocycles. The van der Waals surface area contributed by atoms with Crippen LogP contribution in [0.25, 0.3) is 28.6 Å². The molecule has 0 spiro atoms. The van der Waals surface area contributed by atoms with Crippen molar-refractivity contribution in [2.75, 3.05) is 5.32 Å². The van der Waals surface area contributed by atoms with Gasteiger partial charge in [0, 0.05) is 35.1 Å². The zero-order valence-corrected chi connectivity index (χ0v) is 15.2. The molecule has 0 atom stereocenters. The number of phenolic OH excluding ortho intramolecular Hbond substituents is 1. The lowest BCUT2D eigenvalue weighted by molar-refractivity contribution is -0.111. The summed E-state index contributed by atoms with van der Waals surface area (Å²) in [5.74, 6) is -0.102. The number of fused-ring (bicyclic) bond motifs is 1. The summed E-state index contributed by atoms with van der Waals surface area (Å²) in [6.07, 6.45) is 6.27.